The summed E-state index contributed by atoms with van der Waals surface area (Å²) < 4.78 is 34.7. The Morgan fingerprint density at radius 3 is 2.90 bits per heavy atom. The van der Waals surface area contributed by atoms with Gasteiger partial charge < -0.3 is 14.5 Å². The van der Waals surface area contributed by atoms with Gasteiger partial charge in [0.25, 0.3) is 5.56 Å². The standard InChI is InChI=1S/C9H12FN2O7P/c10-9(5-18-20(15,16)17)3-1-7(19-9)12-4-2-6(13)11-8(12)14/h2,4,7H,1,3,5H2,(H,11,13,14)(H2,15,16,17)/t7-,9+/m1/s1. The molecule has 1 aliphatic heterocycles. The van der Waals surface area contributed by atoms with Gasteiger partial charge in [-0.2, -0.15) is 0 Å². The summed E-state index contributed by atoms with van der Waals surface area (Å²) in [7, 11) is -4.80. The lowest BCUT2D eigenvalue weighted by Gasteiger charge is -2.21. The van der Waals surface area contributed by atoms with Crippen molar-refractivity contribution in [3.05, 3.63) is 33.1 Å². The molecule has 2 heterocycles. The van der Waals surface area contributed by atoms with E-state index in [1.165, 1.54) is 0 Å². The van der Waals surface area contributed by atoms with E-state index in [9.17, 15) is 18.5 Å². The van der Waals surface area contributed by atoms with Crippen molar-refractivity contribution in [2.45, 2.75) is 24.9 Å². The van der Waals surface area contributed by atoms with Gasteiger partial charge in [-0.3, -0.25) is 18.9 Å². The number of rotatable bonds is 4. The Bertz CT molecular complexity index is 652. The van der Waals surface area contributed by atoms with Crippen LogP contribution in [0.15, 0.2) is 21.9 Å². The molecule has 1 aliphatic rings. The van der Waals surface area contributed by atoms with Gasteiger partial charge in [0.05, 0.1) is 0 Å². The molecular weight excluding hydrogens is 298 g/mol. The first-order valence-electron chi connectivity index (χ1n) is 5.57. The van der Waals surface area contributed by atoms with E-state index in [4.69, 9.17) is 14.5 Å². The maximum absolute atomic E-state index is 14.1. The SMILES string of the molecule is O=c1ccn([C@H]2CC[C@@](F)(COP(=O)(O)O)O2)c(=O)[nH]1. The van der Waals surface area contributed by atoms with Crippen molar-refractivity contribution >= 4 is 7.82 Å². The number of alkyl halides is 1. The minimum absolute atomic E-state index is 0.0902. The predicted molar refractivity (Wildman–Crippen MR) is 62.5 cm³/mol. The lowest BCUT2D eigenvalue weighted by molar-refractivity contribution is -0.175. The fourth-order valence-electron chi connectivity index (χ4n) is 1.84. The Balaban J connectivity index is 2.10. The van der Waals surface area contributed by atoms with Crippen LogP contribution in [0.25, 0.3) is 0 Å². The number of H-pyrrole nitrogens is 1. The van der Waals surface area contributed by atoms with Crippen LogP contribution < -0.4 is 11.2 Å². The minimum atomic E-state index is -4.80. The van der Waals surface area contributed by atoms with Crippen LogP contribution in [0, 0.1) is 0 Å². The summed E-state index contributed by atoms with van der Waals surface area (Å²) in [5.74, 6) is -2.40. The highest BCUT2D eigenvalue weighted by Gasteiger charge is 2.43. The molecule has 20 heavy (non-hydrogen) atoms. The smallest absolute Gasteiger partial charge is 0.320 e. The lowest BCUT2D eigenvalue weighted by atomic mass is 10.2. The van der Waals surface area contributed by atoms with Crippen molar-refractivity contribution in [1.82, 2.24) is 9.55 Å². The van der Waals surface area contributed by atoms with E-state index >= 15 is 0 Å². The summed E-state index contributed by atoms with van der Waals surface area (Å²) in [6.07, 6.45) is 0.0576. The van der Waals surface area contributed by atoms with Gasteiger partial charge in [0.15, 0.2) is 0 Å². The first kappa shape index (κ1) is 15.1. The summed E-state index contributed by atoms with van der Waals surface area (Å²) in [6.45, 7) is -0.952. The summed E-state index contributed by atoms with van der Waals surface area (Å²) in [5, 5.41) is 0. The third kappa shape index (κ3) is 3.62. The maximum Gasteiger partial charge on any atom is 0.469 e. The van der Waals surface area contributed by atoms with Gasteiger partial charge in [0, 0.05) is 18.7 Å². The van der Waals surface area contributed by atoms with Crippen LogP contribution in [-0.2, 0) is 13.8 Å². The van der Waals surface area contributed by atoms with Crippen molar-refractivity contribution in [2.75, 3.05) is 6.61 Å². The van der Waals surface area contributed by atoms with Gasteiger partial charge >= 0.3 is 13.5 Å². The second-order valence-corrected chi connectivity index (χ2v) is 5.52. The summed E-state index contributed by atoms with van der Waals surface area (Å²) in [4.78, 5) is 41.4. The van der Waals surface area contributed by atoms with Gasteiger partial charge in [-0.05, 0) is 6.42 Å². The van der Waals surface area contributed by atoms with Crippen LogP contribution >= 0.6 is 7.82 Å². The fraction of sp³-hybridized carbons (Fsp3) is 0.556. The average molecular weight is 310 g/mol. The Kier molecular flexibility index (Phi) is 3.94. The second-order valence-electron chi connectivity index (χ2n) is 4.28. The normalized spacial score (nSPS) is 26.9. The number of phosphoric acid groups is 1. The minimum Gasteiger partial charge on any atom is -0.320 e. The van der Waals surface area contributed by atoms with Crippen LogP contribution in [0.4, 0.5) is 4.39 Å². The molecule has 1 aromatic heterocycles. The zero-order chi connectivity index (χ0) is 15.0. The second kappa shape index (κ2) is 5.23. The molecule has 0 radical (unpaired) electrons. The lowest BCUT2D eigenvalue weighted by Crippen LogP contribution is -2.34. The molecule has 0 aliphatic carbocycles. The largest absolute Gasteiger partial charge is 0.469 e. The van der Waals surface area contributed by atoms with E-state index in [1.54, 1.807) is 0 Å². The molecule has 2 rings (SSSR count). The van der Waals surface area contributed by atoms with E-state index in [0.29, 0.717) is 0 Å². The molecule has 3 N–H and O–H groups in total. The highest BCUT2D eigenvalue weighted by Crippen LogP contribution is 2.42. The molecule has 0 unspecified atom stereocenters. The van der Waals surface area contributed by atoms with Gasteiger partial charge in [0.1, 0.15) is 12.8 Å². The average Bonchev–Trinajstić information content (AvgIpc) is 2.69. The van der Waals surface area contributed by atoms with E-state index in [2.05, 4.69) is 4.52 Å². The number of ether oxygens (including phenoxy) is 1. The number of aromatic amines is 1. The number of phosphoric ester groups is 1. The van der Waals surface area contributed by atoms with E-state index < -0.39 is 37.8 Å². The van der Waals surface area contributed by atoms with Gasteiger partial charge in [-0.1, -0.05) is 0 Å². The molecule has 1 saturated heterocycles. The number of halogens is 1. The third-order valence-corrected chi connectivity index (χ3v) is 3.19. The molecule has 0 saturated carbocycles. The molecule has 1 aromatic rings. The van der Waals surface area contributed by atoms with E-state index in [-0.39, 0.29) is 12.8 Å². The van der Waals surface area contributed by atoms with Crippen molar-refractivity contribution in [3.8, 4) is 0 Å². The molecule has 112 valence electrons. The van der Waals surface area contributed by atoms with Crippen molar-refractivity contribution in [3.63, 3.8) is 0 Å². The van der Waals surface area contributed by atoms with Crippen molar-refractivity contribution < 1.29 is 28.0 Å². The first-order chi connectivity index (χ1) is 9.19. The van der Waals surface area contributed by atoms with Gasteiger partial charge in [-0.15, -0.1) is 0 Å². The summed E-state index contributed by atoms with van der Waals surface area (Å²) in [6, 6.07) is 1.08. The molecular formula is C9H12FN2O7P. The molecule has 11 heteroatoms. The Hall–Kier alpha value is -1.32. The molecule has 9 nitrogen and oxygen atoms in total. The molecule has 1 fully saturated rings. The van der Waals surface area contributed by atoms with E-state index in [0.717, 1.165) is 16.8 Å². The van der Waals surface area contributed by atoms with Crippen LogP contribution in [-0.4, -0.2) is 31.8 Å². The van der Waals surface area contributed by atoms with Crippen LogP contribution in [0.5, 0.6) is 0 Å². The van der Waals surface area contributed by atoms with Gasteiger partial charge in [-0.25, -0.2) is 13.8 Å². The molecule has 0 aromatic carbocycles. The molecule has 2 atom stereocenters. The maximum atomic E-state index is 14.1. The summed E-state index contributed by atoms with van der Waals surface area (Å²) in [5.41, 5.74) is -1.36. The molecule has 0 spiro atoms. The highest BCUT2D eigenvalue weighted by atomic mass is 31.2. The van der Waals surface area contributed by atoms with Crippen LogP contribution in [0.1, 0.15) is 19.1 Å². The number of nitrogens with zero attached hydrogens (tertiary/aromatic N) is 1. The topological polar surface area (TPSA) is 131 Å². The Morgan fingerprint density at radius 2 is 2.30 bits per heavy atom. The molecule has 0 bridgehead atoms. The number of nitrogens with one attached hydrogen (secondary N) is 1. The monoisotopic (exact) mass is 310 g/mol. The van der Waals surface area contributed by atoms with Crippen molar-refractivity contribution in [1.29, 1.82) is 0 Å². The third-order valence-electron chi connectivity index (χ3n) is 2.72. The quantitative estimate of drug-likeness (QED) is 0.646. The zero-order valence-corrected chi connectivity index (χ0v) is 11.0. The predicted octanol–water partition coefficient (Wildman–Crippen LogP) is -0.379. The van der Waals surface area contributed by atoms with Crippen molar-refractivity contribution in [2.24, 2.45) is 0 Å². The Labute approximate surface area is 111 Å². The number of aromatic nitrogens is 2. The Morgan fingerprint density at radius 1 is 1.60 bits per heavy atom. The summed E-state index contributed by atoms with van der Waals surface area (Å²) >= 11 is 0. The zero-order valence-electron chi connectivity index (χ0n) is 10.1. The fourth-order valence-corrected chi connectivity index (χ4v) is 2.20. The van der Waals surface area contributed by atoms with Gasteiger partial charge in [0.2, 0.25) is 5.85 Å². The first-order valence-corrected chi connectivity index (χ1v) is 7.10. The highest BCUT2D eigenvalue weighted by molar-refractivity contribution is 7.46. The molecule has 0 amide bonds. The number of hydrogen-bond acceptors (Lipinski definition) is 5. The van der Waals surface area contributed by atoms with Crippen LogP contribution in [0.2, 0.25) is 0 Å². The van der Waals surface area contributed by atoms with E-state index in [1.807, 2.05) is 4.98 Å². The van der Waals surface area contributed by atoms with Crippen LogP contribution in [0.3, 0.4) is 0 Å². The number of hydrogen-bond donors (Lipinski definition) is 3.